The van der Waals surface area contributed by atoms with Crippen LogP contribution in [0.3, 0.4) is 0 Å². The van der Waals surface area contributed by atoms with Gasteiger partial charge in [-0.2, -0.15) is 0 Å². The first-order valence-electron chi connectivity index (χ1n) is 11.1. The molecule has 2 amide bonds. The third kappa shape index (κ3) is 3.93. The normalized spacial score (nSPS) is 13.2. The van der Waals surface area contributed by atoms with Crippen LogP contribution in [0.25, 0.3) is 28.7 Å². The topological polar surface area (TPSA) is 93.9 Å². The highest BCUT2D eigenvalue weighted by Gasteiger charge is 2.35. The number of carbonyl (C=O) groups excluding carboxylic acids is 2. The van der Waals surface area contributed by atoms with Gasteiger partial charge in [0.25, 0.3) is 11.8 Å². The monoisotopic (exact) mass is 492 g/mol. The average molecular weight is 493 g/mol. The Morgan fingerprint density at radius 3 is 2.39 bits per heavy atom. The summed E-state index contributed by atoms with van der Waals surface area (Å²) in [6, 6.07) is 17.9. The van der Waals surface area contributed by atoms with E-state index >= 15 is 0 Å². The lowest BCUT2D eigenvalue weighted by Crippen LogP contribution is -2.29. The Kier molecular flexibility index (Phi) is 5.35. The molecule has 9 heteroatoms. The van der Waals surface area contributed by atoms with Crippen molar-refractivity contribution < 1.29 is 9.59 Å². The Hall–Kier alpha value is -4.69. The number of hydrogen-bond acceptors (Lipinski definition) is 6. The van der Waals surface area contributed by atoms with Gasteiger partial charge in [-0.1, -0.05) is 35.0 Å². The molecule has 0 saturated carbocycles. The Balaban J connectivity index is 1.35. The van der Waals surface area contributed by atoms with Crippen LogP contribution in [-0.2, 0) is 6.54 Å². The number of fused-ring (bicyclic) bond motifs is 2. The molecule has 0 aliphatic carbocycles. The fourth-order valence-electron chi connectivity index (χ4n) is 4.16. The van der Waals surface area contributed by atoms with E-state index in [1.54, 1.807) is 53.6 Å². The van der Waals surface area contributed by atoms with Crippen molar-refractivity contribution in [2.75, 3.05) is 0 Å². The standard InChI is InChI=1S/C27H17ClN6O2/c28-18-6-8-24-23(13-18)25(14-19(30-24)7-5-17-9-11-29-12-10-17)34-16-20(31-32-34)15-33-26(35)21-3-1-2-4-22(21)27(33)36/h1-14,16H,15H2/b7-5+. The molecule has 0 fully saturated rings. The highest BCUT2D eigenvalue weighted by Crippen LogP contribution is 2.27. The quantitative estimate of drug-likeness (QED) is 0.326. The summed E-state index contributed by atoms with van der Waals surface area (Å²) < 4.78 is 1.61. The first kappa shape index (κ1) is 21.8. The summed E-state index contributed by atoms with van der Waals surface area (Å²) in [7, 11) is 0. The maximum Gasteiger partial charge on any atom is 0.261 e. The molecule has 0 N–H and O–H groups in total. The number of halogens is 1. The van der Waals surface area contributed by atoms with Crippen LogP contribution < -0.4 is 0 Å². The number of amides is 2. The first-order chi connectivity index (χ1) is 17.6. The maximum absolute atomic E-state index is 12.7. The smallest absolute Gasteiger partial charge is 0.261 e. The predicted octanol–water partition coefficient (Wildman–Crippen LogP) is 4.83. The summed E-state index contributed by atoms with van der Waals surface area (Å²) in [4.78, 5) is 35.5. The average Bonchev–Trinajstić information content (AvgIpc) is 3.47. The van der Waals surface area contributed by atoms with Crippen molar-refractivity contribution in [3.63, 3.8) is 0 Å². The Bertz CT molecular complexity index is 1640. The largest absolute Gasteiger partial charge is 0.269 e. The van der Waals surface area contributed by atoms with Gasteiger partial charge in [-0.15, -0.1) is 5.10 Å². The number of rotatable bonds is 5. The van der Waals surface area contributed by atoms with Gasteiger partial charge >= 0.3 is 0 Å². The SMILES string of the molecule is O=C1c2ccccc2C(=O)N1Cc1cn(-c2cc(/C=C/c3ccncc3)nc3ccc(Cl)cc23)nn1. The number of imide groups is 1. The molecule has 1 aliphatic rings. The van der Waals surface area contributed by atoms with Gasteiger partial charge in [0.05, 0.1) is 40.8 Å². The number of aromatic nitrogens is 5. The summed E-state index contributed by atoms with van der Waals surface area (Å²) in [5.74, 6) is -0.676. The van der Waals surface area contributed by atoms with E-state index < -0.39 is 0 Å². The molecule has 0 radical (unpaired) electrons. The third-order valence-corrected chi connectivity index (χ3v) is 6.14. The lowest BCUT2D eigenvalue weighted by molar-refractivity contribution is 0.0640. The van der Waals surface area contributed by atoms with E-state index in [-0.39, 0.29) is 18.4 Å². The molecule has 0 unspecified atom stereocenters. The van der Waals surface area contributed by atoms with Crippen molar-refractivity contribution in [2.45, 2.75) is 6.54 Å². The molecule has 174 valence electrons. The van der Waals surface area contributed by atoms with Gasteiger partial charge in [0.2, 0.25) is 0 Å². The Labute approximate surface area is 210 Å². The van der Waals surface area contributed by atoms with Gasteiger partial charge in [-0.05, 0) is 60.2 Å². The molecular formula is C27H17ClN6O2. The third-order valence-electron chi connectivity index (χ3n) is 5.91. The molecule has 4 heterocycles. The van der Waals surface area contributed by atoms with Crippen LogP contribution in [0, 0.1) is 0 Å². The van der Waals surface area contributed by atoms with Gasteiger partial charge < -0.3 is 0 Å². The minimum Gasteiger partial charge on any atom is -0.269 e. The second-order valence-corrected chi connectivity index (χ2v) is 8.67. The molecule has 36 heavy (non-hydrogen) atoms. The van der Waals surface area contributed by atoms with Crippen LogP contribution in [0.4, 0.5) is 0 Å². The molecule has 2 aromatic carbocycles. The number of hydrogen-bond donors (Lipinski definition) is 0. The lowest BCUT2D eigenvalue weighted by atomic mass is 10.1. The molecule has 3 aromatic heterocycles. The van der Waals surface area contributed by atoms with Crippen molar-refractivity contribution in [3.8, 4) is 5.69 Å². The molecule has 1 aliphatic heterocycles. The minimum atomic E-state index is -0.338. The van der Waals surface area contributed by atoms with Gasteiger partial charge in [0, 0.05) is 22.8 Å². The second kappa shape index (κ2) is 8.83. The van der Waals surface area contributed by atoms with Crippen LogP contribution in [-0.4, -0.2) is 41.7 Å². The zero-order valence-electron chi connectivity index (χ0n) is 18.7. The van der Waals surface area contributed by atoms with E-state index in [0.717, 1.165) is 22.2 Å². The van der Waals surface area contributed by atoms with Crippen LogP contribution in [0.2, 0.25) is 5.02 Å². The van der Waals surface area contributed by atoms with Crippen LogP contribution in [0.1, 0.15) is 37.7 Å². The fourth-order valence-corrected chi connectivity index (χ4v) is 4.34. The Morgan fingerprint density at radius 2 is 1.64 bits per heavy atom. The fraction of sp³-hybridized carbons (Fsp3) is 0.0370. The highest BCUT2D eigenvalue weighted by atomic mass is 35.5. The van der Waals surface area contributed by atoms with E-state index in [1.165, 1.54) is 4.90 Å². The van der Waals surface area contributed by atoms with Gasteiger partial charge in [0.15, 0.2) is 0 Å². The predicted molar refractivity (Wildman–Crippen MR) is 135 cm³/mol. The second-order valence-electron chi connectivity index (χ2n) is 8.24. The lowest BCUT2D eigenvalue weighted by Gasteiger charge is -2.11. The first-order valence-corrected chi connectivity index (χ1v) is 11.5. The summed E-state index contributed by atoms with van der Waals surface area (Å²) in [5, 5.41) is 9.87. The van der Waals surface area contributed by atoms with Gasteiger partial charge in [-0.25, -0.2) is 9.67 Å². The highest BCUT2D eigenvalue weighted by molar-refractivity contribution is 6.31. The number of nitrogens with zero attached hydrogens (tertiary/aromatic N) is 6. The molecule has 0 bridgehead atoms. The van der Waals surface area contributed by atoms with Crippen LogP contribution in [0.15, 0.2) is 79.3 Å². The van der Waals surface area contributed by atoms with E-state index in [1.807, 2.05) is 42.5 Å². The maximum atomic E-state index is 12.7. The van der Waals surface area contributed by atoms with Crippen molar-refractivity contribution in [3.05, 3.63) is 112 Å². The van der Waals surface area contributed by atoms with E-state index in [0.29, 0.717) is 27.5 Å². The summed E-state index contributed by atoms with van der Waals surface area (Å²) in [6.07, 6.45) is 9.02. The van der Waals surface area contributed by atoms with Gasteiger partial charge in [-0.3, -0.25) is 19.5 Å². The number of benzene rings is 2. The van der Waals surface area contributed by atoms with Crippen molar-refractivity contribution in [1.29, 1.82) is 0 Å². The van der Waals surface area contributed by atoms with Crippen molar-refractivity contribution in [1.82, 2.24) is 29.9 Å². The molecule has 0 spiro atoms. The van der Waals surface area contributed by atoms with E-state index in [9.17, 15) is 9.59 Å². The summed E-state index contributed by atoms with van der Waals surface area (Å²) >= 11 is 6.28. The molecule has 0 saturated heterocycles. The zero-order chi connectivity index (χ0) is 24.6. The van der Waals surface area contributed by atoms with Gasteiger partial charge in [0.1, 0.15) is 5.69 Å². The summed E-state index contributed by atoms with van der Waals surface area (Å²) in [5.41, 5.74) is 4.44. The Morgan fingerprint density at radius 1 is 0.889 bits per heavy atom. The minimum absolute atomic E-state index is 0.0188. The van der Waals surface area contributed by atoms with Crippen LogP contribution >= 0.6 is 11.6 Å². The molecule has 0 atom stereocenters. The zero-order valence-corrected chi connectivity index (χ0v) is 19.5. The van der Waals surface area contributed by atoms with Crippen molar-refractivity contribution in [2.24, 2.45) is 0 Å². The van der Waals surface area contributed by atoms with Crippen LogP contribution in [0.5, 0.6) is 0 Å². The molecular weight excluding hydrogens is 476 g/mol. The van der Waals surface area contributed by atoms with E-state index in [2.05, 4.69) is 15.3 Å². The number of pyridine rings is 2. The molecule has 5 aromatic rings. The molecule has 6 rings (SSSR count). The summed E-state index contributed by atoms with van der Waals surface area (Å²) in [6.45, 7) is 0.0188. The number of carbonyl (C=O) groups is 2. The van der Waals surface area contributed by atoms with Crippen molar-refractivity contribution >= 4 is 46.5 Å². The molecule has 8 nitrogen and oxygen atoms in total. The van der Waals surface area contributed by atoms with E-state index in [4.69, 9.17) is 16.6 Å².